The standard InChI is InChI=1S/C21H17NO2/c1-24-21(23)16-11-12-18-17-9-5-6-10-19(17)22(20(18)13-16)14-15-7-3-2-4-8-15/h2-13H,14H2,1H3. The number of carbonyl (C=O) groups is 1. The predicted octanol–water partition coefficient (Wildman–Crippen LogP) is 4.63. The van der Waals surface area contributed by atoms with Crippen molar-refractivity contribution in [2.45, 2.75) is 6.54 Å². The number of para-hydroxylation sites is 1. The van der Waals surface area contributed by atoms with Crippen molar-refractivity contribution in [2.24, 2.45) is 0 Å². The number of nitrogens with zero attached hydrogens (tertiary/aromatic N) is 1. The minimum Gasteiger partial charge on any atom is -0.465 e. The molecule has 0 N–H and O–H groups in total. The zero-order valence-electron chi connectivity index (χ0n) is 13.4. The first-order valence-corrected chi connectivity index (χ1v) is 7.91. The summed E-state index contributed by atoms with van der Waals surface area (Å²) in [5, 5.41) is 2.34. The van der Waals surface area contributed by atoms with Crippen LogP contribution in [0.3, 0.4) is 0 Å². The first-order chi connectivity index (χ1) is 11.8. The van der Waals surface area contributed by atoms with E-state index in [0.717, 1.165) is 17.4 Å². The van der Waals surface area contributed by atoms with Gasteiger partial charge >= 0.3 is 5.97 Å². The van der Waals surface area contributed by atoms with E-state index in [1.54, 1.807) is 0 Å². The summed E-state index contributed by atoms with van der Waals surface area (Å²) in [5.74, 6) is -0.312. The molecule has 0 fully saturated rings. The van der Waals surface area contributed by atoms with Crippen molar-refractivity contribution in [1.82, 2.24) is 4.57 Å². The number of fused-ring (bicyclic) bond motifs is 3. The van der Waals surface area contributed by atoms with E-state index in [9.17, 15) is 4.79 Å². The van der Waals surface area contributed by atoms with E-state index in [-0.39, 0.29) is 5.97 Å². The number of methoxy groups -OCH3 is 1. The van der Waals surface area contributed by atoms with Crippen molar-refractivity contribution in [3.05, 3.63) is 83.9 Å². The molecule has 4 rings (SSSR count). The van der Waals surface area contributed by atoms with E-state index in [4.69, 9.17) is 4.74 Å². The molecule has 118 valence electrons. The number of hydrogen-bond donors (Lipinski definition) is 0. The molecule has 0 saturated heterocycles. The molecule has 0 atom stereocenters. The van der Waals surface area contributed by atoms with Crippen LogP contribution in [-0.2, 0) is 11.3 Å². The Hall–Kier alpha value is -3.07. The summed E-state index contributed by atoms with van der Waals surface area (Å²) in [5.41, 5.74) is 4.01. The van der Waals surface area contributed by atoms with Crippen molar-refractivity contribution < 1.29 is 9.53 Å². The van der Waals surface area contributed by atoms with Gasteiger partial charge in [-0.1, -0.05) is 54.6 Å². The van der Waals surface area contributed by atoms with E-state index in [1.807, 2.05) is 48.5 Å². The Balaban J connectivity index is 1.98. The minimum absolute atomic E-state index is 0.312. The maximum Gasteiger partial charge on any atom is 0.337 e. The molecule has 24 heavy (non-hydrogen) atoms. The topological polar surface area (TPSA) is 31.2 Å². The largest absolute Gasteiger partial charge is 0.465 e. The summed E-state index contributed by atoms with van der Waals surface area (Å²) in [6.45, 7) is 0.759. The van der Waals surface area contributed by atoms with Gasteiger partial charge in [-0.2, -0.15) is 0 Å². The molecule has 0 unspecified atom stereocenters. The van der Waals surface area contributed by atoms with Gasteiger partial charge in [0.05, 0.1) is 18.2 Å². The zero-order valence-corrected chi connectivity index (χ0v) is 13.4. The van der Waals surface area contributed by atoms with E-state index in [2.05, 4.69) is 28.8 Å². The van der Waals surface area contributed by atoms with Crippen LogP contribution >= 0.6 is 0 Å². The summed E-state index contributed by atoms with van der Waals surface area (Å²) in [6.07, 6.45) is 0. The second-order valence-corrected chi connectivity index (χ2v) is 5.81. The van der Waals surface area contributed by atoms with Crippen LogP contribution in [0, 0.1) is 0 Å². The third-order valence-electron chi connectivity index (χ3n) is 4.38. The number of rotatable bonds is 3. The van der Waals surface area contributed by atoms with Crippen molar-refractivity contribution in [3.63, 3.8) is 0 Å². The third kappa shape index (κ3) is 2.35. The van der Waals surface area contributed by atoms with Crippen molar-refractivity contribution in [3.8, 4) is 0 Å². The molecule has 0 aliphatic rings. The molecule has 0 spiro atoms. The highest BCUT2D eigenvalue weighted by molar-refractivity contribution is 6.09. The van der Waals surface area contributed by atoms with Crippen LogP contribution in [0.2, 0.25) is 0 Å². The molecule has 0 aliphatic heterocycles. The average Bonchev–Trinajstić information content (AvgIpc) is 2.95. The number of benzene rings is 3. The number of carbonyl (C=O) groups excluding carboxylic acids is 1. The summed E-state index contributed by atoms with van der Waals surface area (Å²) >= 11 is 0. The van der Waals surface area contributed by atoms with Gasteiger partial charge in [0.15, 0.2) is 0 Å². The fourth-order valence-electron chi connectivity index (χ4n) is 3.23. The Bertz CT molecular complexity index is 1030. The molecule has 0 bridgehead atoms. The van der Waals surface area contributed by atoms with Crippen molar-refractivity contribution >= 4 is 27.8 Å². The van der Waals surface area contributed by atoms with Gasteiger partial charge in [0.2, 0.25) is 0 Å². The number of ether oxygens (including phenoxy) is 1. The Morgan fingerprint density at radius 2 is 1.58 bits per heavy atom. The van der Waals surface area contributed by atoms with E-state index in [1.165, 1.54) is 23.6 Å². The molecule has 3 nitrogen and oxygen atoms in total. The Kier molecular flexibility index (Phi) is 3.54. The fourth-order valence-corrected chi connectivity index (χ4v) is 3.23. The van der Waals surface area contributed by atoms with E-state index < -0.39 is 0 Å². The average molecular weight is 315 g/mol. The number of hydrogen-bond acceptors (Lipinski definition) is 2. The van der Waals surface area contributed by atoms with Gasteiger partial charge in [0.1, 0.15) is 0 Å². The summed E-state index contributed by atoms with van der Waals surface area (Å²) in [7, 11) is 1.41. The lowest BCUT2D eigenvalue weighted by molar-refractivity contribution is 0.0601. The molecule has 3 aromatic carbocycles. The normalized spacial score (nSPS) is 11.0. The monoisotopic (exact) mass is 315 g/mol. The van der Waals surface area contributed by atoms with Gasteiger partial charge < -0.3 is 9.30 Å². The quantitative estimate of drug-likeness (QED) is 0.516. The molecule has 1 heterocycles. The predicted molar refractivity (Wildman–Crippen MR) is 96.3 cm³/mol. The lowest BCUT2D eigenvalue weighted by atomic mass is 10.1. The molecular formula is C21H17NO2. The van der Waals surface area contributed by atoms with Crippen LogP contribution in [0.1, 0.15) is 15.9 Å². The molecule has 0 amide bonds. The maximum absolute atomic E-state index is 11.9. The van der Waals surface area contributed by atoms with Crippen LogP contribution in [0.25, 0.3) is 21.8 Å². The molecule has 0 saturated carbocycles. The van der Waals surface area contributed by atoms with Gasteiger partial charge in [0, 0.05) is 22.8 Å². The Labute approximate surface area is 140 Å². The zero-order chi connectivity index (χ0) is 16.5. The van der Waals surface area contributed by atoms with Gasteiger partial charge in [-0.3, -0.25) is 0 Å². The second kappa shape index (κ2) is 5.85. The fraction of sp³-hybridized carbons (Fsp3) is 0.0952. The lowest BCUT2D eigenvalue weighted by Gasteiger charge is -2.08. The lowest BCUT2D eigenvalue weighted by Crippen LogP contribution is -2.03. The van der Waals surface area contributed by atoms with Crippen LogP contribution in [-0.4, -0.2) is 17.6 Å². The van der Waals surface area contributed by atoms with Gasteiger partial charge in [-0.25, -0.2) is 4.79 Å². The highest BCUT2D eigenvalue weighted by atomic mass is 16.5. The molecule has 3 heteroatoms. The van der Waals surface area contributed by atoms with Gasteiger partial charge in [-0.05, 0) is 23.8 Å². The highest BCUT2D eigenvalue weighted by Crippen LogP contribution is 2.30. The van der Waals surface area contributed by atoms with Crippen molar-refractivity contribution in [1.29, 1.82) is 0 Å². The van der Waals surface area contributed by atoms with Crippen LogP contribution < -0.4 is 0 Å². The Morgan fingerprint density at radius 1 is 0.875 bits per heavy atom. The SMILES string of the molecule is COC(=O)c1ccc2c3ccccc3n(Cc3ccccc3)c2c1. The van der Waals surface area contributed by atoms with Crippen LogP contribution in [0.15, 0.2) is 72.8 Å². The Morgan fingerprint density at radius 3 is 2.38 bits per heavy atom. The summed E-state index contributed by atoms with van der Waals surface area (Å²) < 4.78 is 7.13. The molecule has 0 aliphatic carbocycles. The third-order valence-corrected chi connectivity index (χ3v) is 4.38. The number of esters is 1. The highest BCUT2D eigenvalue weighted by Gasteiger charge is 2.13. The minimum atomic E-state index is -0.312. The maximum atomic E-state index is 11.9. The van der Waals surface area contributed by atoms with E-state index in [0.29, 0.717) is 5.56 Å². The first kappa shape index (κ1) is 14.5. The summed E-state index contributed by atoms with van der Waals surface area (Å²) in [6, 6.07) is 24.4. The second-order valence-electron chi connectivity index (χ2n) is 5.81. The molecular weight excluding hydrogens is 298 g/mol. The molecule has 0 radical (unpaired) electrons. The number of aromatic nitrogens is 1. The molecule has 4 aromatic rings. The van der Waals surface area contributed by atoms with Crippen molar-refractivity contribution in [2.75, 3.05) is 7.11 Å². The van der Waals surface area contributed by atoms with Crippen LogP contribution in [0.5, 0.6) is 0 Å². The molecule has 1 aromatic heterocycles. The smallest absolute Gasteiger partial charge is 0.337 e. The summed E-state index contributed by atoms with van der Waals surface area (Å²) in [4.78, 5) is 11.9. The van der Waals surface area contributed by atoms with E-state index >= 15 is 0 Å². The van der Waals surface area contributed by atoms with Crippen LogP contribution in [0.4, 0.5) is 0 Å². The first-order valence-electron chi connectivity index (χ1n) is 7.91. The van der Waals surface area contributed by atoms with Gasteiger partial charge in [-0.15, -0.1) is 0 Å². The van der Waals surface area contributed by atoms with Gasteiger partial charge in [0.25, 0.3) is 0 Å².